The summed E-state index contributed by atoms with van der Waals surface area (Å²) in [6.07, 6.45) is 0. The molecule has 1 unspecified atom stereocenters. The summed E-state index contributed by atoms with van der Waals surface area (Å²) in [4.78, 5) is 22.1. The summed E-state index contributed by atoms with van der Waals surface area (Å²) in [5.74, 6) is -1.28. The lowest BCUT2D eigenvalue weighted by Gasteiger charge is -2.13. The van der Waals surface area contributed by atoms with Crippen LogP contribution < -0.4 is 10.6 Å². The van der Waals surface area contributed by atoms with E-state index >= 15 is 0 Å². The second-order valence-corrected chi connectivity index (χ2v) is 4.05. The molecule has 0 heterocycles. The number of nitrogens with one attached hydrogen (secondary N) is 2. The smallest absolute Gasteiger partial charge is 0.328 e. The molecule has 98 valence electrons. The largest absolute Gasteiger partial charge is 0.480 e. The Hall–Kier alpha value is -2.08. The highest BCUT2D eigenvalue weighted by Gasteiger charge is 2.18. The zero-order valence-electron chi connectivity index (χ0n) is 10.2. The number of benzene rings is 1. The molecule has 0 radical (unpaired) electrons. The van der Waals surface area contributed by atoms with Crippen LogP contribution in [0.3, 0.4) is 0 Å². The summed E-state index contributed by atoms with van der Waals surface area (Å²) < 4.78 is 0. The van der Waals surface area contributed by atoms with Crippen LogP contribution in [0.2, 0.25) is 0 Å². The number of carboxylic acid groups (broad SMARTS) is 1. The molecule has 4 N–H and O–H groups in total. The average Bonchev–Trinajstić information content (AvgIpc) is 2.23. The van der Waals surface area contributed by atoms with Gasteiger partial charge in [0, 0.05) is 5.69 Å². The molecule has 6 heteroatoms. The maximum Gasteiger partial charge on any atom is 0.328 e. The van der Waals surface area contributed by atoms with Crippen LogP contribution in [0, 0.1) is 13.8 Å². The van der Waals surface area contributed by atoms with Gasteiger partial charge in [0.2, 0.25) is 0 Å². The van der Waals surface area contributed by atoms with E-state index in [9.17, 15) is 9.59 Å². The molecule has 1 rings (SSSR count). The van der Waals surface area contributed by atoms with E-state index in [1.165, 1.54) is 0 Å². The van der Waals surface area contributed by atoms with Gasteiger partial charge in [-0.15, -0.1) is 0 Å². The van der Waals surface area contributed by atoms with Gasteiger partial charge in [-0.25, -0.2) is 9.59 Å². The van der Waals surface area contributed by atoms with Crippen LogP contribution in [0.5, 0.6) is 0 Å². The van der Waals surface area contributed by atoms with E-state index in [4.69, 9.17) is 10.2 Å². The predicted molar refractivity (Wildman–Crippen MR) is 66.6 cm³/mol. The highest BCUT2D eigenvalue weighted by Crippen LogP contribution is 2.13. The van der Waals surface area contributed by atoms with Crippen molar-refractivity contribution in [1.82, 2.24) is 5.32 Å². The SMILES string of the molecule is Cc1cc(C)cc(NC(=O)NC(CO)C(=O)O)c1. The molecule has 0 aliphatic carbocycles. The quantitative estimate of drug-likeness (QED) is 0.639. The van der Waals surface area contributed by atoms with Gasteiger partial charge in [0.25, 0.3) is 0 Å². The molecule has 6 nitrogen and oxygen atoms in total. The van der Waals surface area contributed by atoms with Gasteiger partial charge < -0.3 is 20.8 Å². The molecule has 0 saturated carbocycles. The van der Waals surface area contributed by atoms with Crippen molar-refractivity contribution >= 4 is 17.7 Å². The van der Waals surface area contributed by atoms with Crippen molar-refractivity contribution < 1.29 is 19.8 Å². The number of urea groups is 1. The Morgan fingerprint density at radius 1 is 1.22 bits per heavy atom. The number of amides is 2. The maximum atomic E-state index is 11.5. The van der Waals surface area contributed by atoms with E-state index in [0.717, 1.165) is 11.1 Å². The van der Waals surface area contributed by atoms with Gasteiger partial charge in [0.05, 0.1) is 6.61 Å². The number of anilines is 1. The number of carbonyl (C=O) groups is 2. The van der Waals surface area contributed by atoms with Gasteiger partial charge in [-0.05, 0) is 37.1 Å². The molecule has 0 bridgehead atoms. The number of rotatable bonds is 4. The molecule has 0 aromatic heterocycles. The lowest BCUT2D eigenvalue weighted by atomic mass is 10.1. The van der Waals surface area contributed by atoms with Crippen LogP contribution in [0.15, 0.2) is 18.2 Å². The first-order valence-corrected chi connectivity index (χ1v) is 5.42. The zero-order chi connectivity index (χ0) is 13.7. The first kappa shape index (κ1) is 14.0. The van der Waals surface area contributed by atoms with Gasteiger partial charge in [-0.3, -0.25) is 0 Å². The summed E-state index contributed by atoms with van der Waals surface area (Å²) in [6, 6.07) is 3.51. The highest BCUT2D eigenvalue weighted by atomic mass is 16.4. The number of aliphatic hydroxyl groups is 1. The molecule has 0 fully saturated rings. The molecular formula is C12H16N2O4. The first-order chi connectivity index (χ1) is 8.42. The van der Waals surface area contributed by atoms with Crippen LogP contribution in [-0.2, 0) is 4.79 Å². The normalized spacial score (nSPS) is 11.7. The van der Waals surface area contributed by atoms with E-state index < -0.39 is 24.6 Å². The molecule has 1 aromatic carbocycles. The number of aliphatic hydroxyl groups excluding tert-OH is 1. The fourth-order valence-corrected chi connectivity index (χ4v) is 1.56. The summed E-state index contributed by atoms with van der Waals surface area (Å²) in [5.41, 5.74) is 2.55. The monoisotopic (exact) mass is 252 g/mol. The second kappa shape index (κ2) is 6.02. The summed E-state index contributed by atoms with van der Waals surface area (Å²) >= 11 is 0. The van der Waals surface area contributed by atoms with Crippen LogP contribution in [0.4, 0.5) is 10.5 Å². The predicted octanol–water partition coefficient (Wildman–Crippen LogP) is 0.870. The second-order valence-electron chi connectivity index (χ2n) is 4.05. The number of carbonyl (C=O) groups excluding carboxylic acids is 1. The van der Waals surface area contributed by atoms with Gasteiger partial charge in [0.15, 0.2) is 6.04 Å². The molecule has 0 aliphatic heterocycles. The lowest BCUT2D eigenvalue weighted by Crippen LogP contribution is -2.45. The molecule has 0 aliphatic rings. The van der Waals surface area contributed by atoms with E-state index in [2.05, 4.69) is 10.6 Å². The van der Waals surface area contributed by atoms with Crippen LogP contribution in [0.1, 0.15) is 11.1 Å². The van der Waals surface area contributed by atoms with Crippen molar-refractivity contribution in [2.45, 2.75) is 19.9 Å². The summed E-state index contributed by atoms with van der Waals surface area (Å²) in [7, 11) is 0. The third kappa shape index (κ3) is 4.06. The summed E-state index contributed by atoms with van der Waals surface area (Å²) in [5, 5.41) is 22.1. The molecule has 1 atom stereocenters. The van der Waals surface area contributed by atoms with E-state index in [-0.39, 0.29) is 0 Å². The zero-order valence-corrected chi connectivity index (χ0v) is 10.2. The number of aliphatic carboxylic acids is 1. The van der Waals surface area contributed by atoms with Crippen molar-refractivity contribution in [1.29, 1.82) is 0 Å². The molecular weight excluding hydrogens is 236 g/mol. The van der Waals surface area contributed by atoms with Gasteiger partial charge in [0.1, 0.15) is 0 Å². The highest BCUT2D eigenvalue weighted by molar-refractivity contribution is 5.92. The third-order valence-corrected chi connectivity index (χ3v) is 2.27. The standard InChI is InChI=1S/C12H16N2O4/c1-7-3-8(2)5-9(4-7)13-12(18)14-10(6-15)11(16)17/h3-5,10,15H,6H2,1-2H3,(H,16,17)(H2,13,14,18). The Labute approximate surface area is 105 Å². The van der Waals surface area contributed by atoms with Gasteiger partial charge in [-0.2, -0.15) is 0 Å². The Balaban J connectivity index is 2.67. The molecule has 1 aromatic rings. The number of aryl methyl sites for hydroxylation is 2. The van der Waals surface area contributed by atoms with Crippen LogP contribution >= 0.6 is 0 Å². The molecule has 18 heavy (non-hydrogen) atoms. The maximum absolute atomic E-state index is 11.5. The number of hydrogen-bond donors (Lipinski definition) is 4. The third-order valence-electron chi connectivity index (χ3n) is 2.27. The van der Waals surface area contributed by atoms with Crippen molar-refractivity contribution in [2.24, 2.45) is 0 Å². The van der Waals surface area contributed by atoms with Crippen molar-refractivity contribution in [3.8, 4) is 0 Å². The minimum Gasteiger partial charge on any atom is -0.480 e. The fourth-order valence-electron chi connectivity index (χ4n) is 1.56. The number of hydrogen-bond acceptors (Lipinski definition) is 3. The Bertz CT molecular complexity index is 439. The first-order valence-electron chi connectivity index (χ1n) is 5.42. The van der Waals surface area contributed by atoms with E-state index in [1.807, 2.05) is 19.9 Å². The molecule has 0 saturated heterocycles. The summed E-state index contributed by atoms with van der Waals surface area (Å²) in [6.45, 7) is 3.13. The minimum atomic E-state index is -1.31. The Morgan fingerprint density at radius 3 is 2.22 bits per heavy atom. The van der Waals surface area contributed by atoms with Crippen LogP contribution in [-0.4, -0.2) is 34.9 Å². The van der Waals surface area contributed by atoms with Crippen molar-refractivity contribution in [3.05, 3.63) is 29.3 Å². The Kier molecular flexibility index (Phi) is 4.67. The number of carboxylic acids is 1. The van der Waals surface area contributed by atoms with Gasteiger partial charge >= 0.3 is 12.0 Å². The average molecular weight is 252 g/mol. The lowest BCUT2D eigenvalue weighted by molar-refractivity contribution is -0.140. The van der Waals surface area contributed by atoms with Gasteiger partial charge in [-0.1, -0.05) is 6.07 Å². The van der Waals surface area contributed by atoms with Crippen molar-refractivity contribution in [3.63, 3.8) is 0 Å². The van der Waals surface area contributed by atoms with E-state index in [0.29, 0.717) is 5.69 Å². The molecule has 0 spiro atoms. The van der Waals surface area contributed by atoms with E-state index in [1.54, 1.807) is 12.1 Å². The molecule has 2 amide bonds. The Morgan fingerprint density at radius 2 is 1.78 bits per heavy atom. The van der Waals surface area contributed by atoms with Crippen molar-refractivity contribution in [2.75, 3.05) is 11.9 Å². The van der Waals surface area contributed by atoms with Crippen LogP contribution in [0.25, 0.3) is 0 Å². The fraction of sp³-hybridized carbons (Fsp3) is 0.333. The topological polar surface area (TPSA) is 98.7 Å². The minimum absolute atomic E-state index is 0.576.